The number of ether oxygens (including phenoxy) is 1. The maximum absolute atomic E-state index is 6.32. The summed E-state index contributed by atoms with van der Waals surface area (Å²) in [5.74, 6) is 0. The molecule has 0 aromatic heterocycles. The Labute approximate surface area is 127 Å². The maximum Gasteiger partial charge on any atom is 0.0834 e. The van der Waals surface area contributed by atoms with Gasteiger partial charge >= 0.3 is 0 Å². The predicted molar refractivity (Wildman–Crippen MR) is 88.3 cm³/mol. The second kappa shape index (κ2) is 10.6. The minimum absolute atomic E-state index is 0.116. The zero-order chi connectivity index (χ0) is 14.7. The lowest BCUT2D eigenvalue weighted by Crippen LogP contribution is -2.51. The Hall–Kier alpha value is -0.0800. The summed E-state index contributed by atoms with van der Waals surface area (Å²) in [6.07, 6.45) is 16.1. The topological polar surface area (TPSA) is 21.3 Å². The van der Waals surface area contributed by atoms with Crippen molar-refractivity contribution in [3.05, 3.63) is 0 Å². The van der Waals surface area contributed by atoms with Crippen LogP contribution in [0.15, 0.2) is 0 Å². The first kappa shape index (κ1) is 18.0. The summed E-state index contributed by atoms with van der Waals surface area (Å²) in [5, 5.41) is 3.59. The van der Waals surface area contributed by atoms with E-state index in [1.54, 1.807) is 0 Å². The molecule has 1 atom stereocenters. The minimum atomic E-state index is 0.116. The van der Waals surface area contributed by atoms with Crippen LogP contribution in [0, 0.1) is 0 Å². The van der Waals surface area contributed by atoms with Gasteiger partial charge in [-0.2, -0.15) is 0 Å². The molecule has 1 aliphatic carbocycles. The normalized spacial score (nSPS) is 20.6. The molecule has 1 fully saturated rings. The number of hydrogen-bond donors (Lipinski definition) is 1. The van der Waals surface area contributed by atoms with Crippen molar-refractivity contribution in [1.29, 1.82) is 0 Å². The van der Waals surface area contributed by atoms with Gasteiger partial charge < -0.3 is 10.1 Å². The van der Waals surface area contributed by atoms with Crippen LogP contribution in [0.2, 0.25) is 0 Å². The van der Waals surface area contributed by atoms with E-state index in [-0.39, 0.29) is 5.60 Å². The minimum Gasteiger partial charge on any atom is -0.374 e. The molecule has 0 saturated heterocycles. The van der Waals surface area contributed by atoms with Crippen LogP contribution in [0.3, 0.4) is 0 Å². The van der Waals surface area contributed by atoms with Crippen LogP contribution in [0.25, 0.3) is 0 Å². The van der Waals surface area contributed by atoms with Crippen LogP contribution >= 0.6 is 0 Å². The Bertz CT molecular complexity index is 221. The highest BCUT2D eigenvalue weighted by Crippen LogP contribution is 2.35. The smallest absolute Gasteiger partial charge is 0.0834 e. The van der Waals surface area contributed by atoms with Gasteiger partial charge in [0.15, 0.2) is 0 Å². The summed E-state index contributed by atoms with van der Waals surface area (Å²) in [6, 6.07) is 0.544. The third-order valence-corrected chi connectivity index (χ3v) is 4.96. The number of unbranched alkanes of at least 4 members (excludes halogenated alkanes) is 4. The van der Waals surface area contributed by atoms with Gasteiger partial charge in [0, 0.05) is 12.6 Å². The summed E-state index contributed by atoms with van der Waals surface area (Å²) in [7, 11) is 2.13. The van der Waals surface area contributed by atoms with Crippen molar-refractivity contribution in [3.63, 3.8) is 0 Å². The van der Waals surface area contributed by atoms with Crippen molar-refractivity contribution in [1.82, 2.24) is 5.32 Å². The molecule has 0 bridgehead atoms. The molecule has 120 valence electrons. The van der Waals surface area contributed by atoms with E-state index in [4.69, 9.17) is 4.74 Å². The summed E-state index contributed by atoms with van der Waals surface area (Å²) in [6.45, 7) is 5.29. The van der Waals surface area contributed by atoms with Crippen molar-refractivity contribution in [2.75, 3.05) is 13.7 Å². The molecular formula is C18H37NO. The first-order chi connectivity index (χ1) is 9.79. The fourth-order valence-electron chi connectivity index (χ4n) is 3.83. The largest absolute Gasteiger partial charge is 0.374 e. The number of likely N-dealkylation sites (N-methyl/N-ethyl adjacent to an activating group) is 1. The van der Waals surface area contributed by atoms with Crippen LogP contribution in [0.1, 0.15) is 90.9 Å². The van der Waals surface area contributed by atoms with Gasteiger partial charge in [0.1, 0.15) is 0 Å². The monoisotopic (exact) mass is 283 g/mol. The lowest BCUT2D eigenvalue weighted by Gasteiger charge is -2.40. The van der Waals surface area contributed by atoms with Crippen molar-refractivity contribution in [3.8, 4) is 0 Å². The molecule has 0 aliphatic heterocycles. The summed E-state index contributed by atoms with van der Waals surface area (Å²) in [4.78, 5) is 0. The highest BCUT2D eigenvalue weighted by atomic mass is 16.5. The van der Waals surface area contributed by atoms with Crippen LogP contribution < -0.4 is 5.32 Å². The quantitative estimate of drug-likeness (QED) is 0.447. The Morgan fingerprint density at radius 3 is 2.15 bits per heavy atom. The van der Waals surface area contributed by atoms with Crippen LogP contribution in [-0.4, -0.2) is 25.3 Å². The van der Waals surface area contributed by atoms with E-state index in [0.29, 0.717) is 6.04 Å². The van der Waals surface area contributed by atoms with Crippen molar-refractivity contribution >= 4 is 0 Å². The second-order valence-corrected chi connectivity index (χ2v) is 6.46. The molecule has 1 N–H and O–H groups in total. The van der Waals surface area contributed by atoms with E-state index in [0.717, 1.165) is 6.61 Å². The Balaban J connectivity index is 2.51. The van der Waals surface area contributed by atoms with Crippen LogP contribution in [0.4, 0.5) is 0 Å². The number of rotatable bonds is 10. The maximum atomic E-state index is 6.32. The molecule has 1 rings (SSSR count). The highest BCUT2D eigenvalue weighted by Gasteiger charge is 2.38. The molecule has 1 aliphatic rings. The van der Waals surface area contributed by atoms with Gasteiger partial charge in [-0.05, 0) is 33.2 Å². The molecule has 0 heterocycles. The molecule has 0 aromatic rings. The summed E-state index contributed by atoms with van der Waals surface area (Å²) >= 11 is 0. The van der Waals surface area contributed by atoms with E-state index in [9.17, 15) is 0 Å². The fraction of sp³-hybridized carbons (Fsp3) is 1.00. The van der Waals surface area contributed by atoms with Gasteiger partial charge in [-0.1, -0.05) is 64.7 Å². The molecule has 20 heavy (non-hydrogen) atoms. The Morgan fingerprint density at radius 2 is 1.60 bits per heavy atom. The summed E-state index contributed by atoms with van der Waals surface area (Å²) in [5.41, 5.74) is 0.116. The van der Waals surface area contributed by atoms with E-state index in [2.05, 4.69) is 26.2 Å². The molecule has 0 spiro atoms. The van der Waals surface area contributed by atoms with E-state index < -0.39 is 0 Å². The fourth-order valence-corrected chi connectivity index (χ4v) is 3.83. The molecule has 1 unspecified atom stereocenters. The van der Waals surface area contributed by atoms with Crippen LogP contribution in [0.5, 0.6) is 0 Å². The highest BCUT2D eigenvalue weighted by molar-refractivity contribution is 4.94. The predicted octanol–water partition coefficient (Wildman–Crippen LogP) is 5.06. The van der Waals surface area contributed by atoms with Gasteiger partial charge in [-0.25, -0.2) is 0 Å². The summed E-state index contributed by atoms with van der Waals surface area (Å²) < 4.78 is 6.32. The number of hydrogen-bond acceptors (Lipinski definition) is 2. The Kier molecular flexibility index (Phi) is 9.54. The standard InChI is InChI=1S/C18H37NO/c1-4-6-7-8-11-14-17(19-3)18(20-5-2)15-12-9-10-13-16-18/h17,19H,4-16H2,1-3H3. The number of nitrogens with one attached hydrogen (secondary N) is 1. The first-order valence-electron chi connectivity index (χ1n) is 9.10. The second-order valence-electron chi connectivity index (χ2n) is 6.46. The lowest BCUT2D eigenvalue weighted by molar-refractivity contribution is -0.0774. The molecular weight excluding hydrogens is 246 g/mol. The van der Waals surface area contributed by atoms with Gasteiger partial charge in [-0.15, -0.1) is 0 Å². The molecule has 0 amide bonds. The van der Waals surface area contributed by atoms with E-state index in [1.807, 2.05) is 0 Å². The third kappa shape index (κ3) is 5.73. The average molecular weight is 284 g/mol. The SMILES string of the molecule is CCCCCCCC(NC)C1(OCC)CCCCCC1. The molecule has 2 nitrogen and oxygen atoms in total. The van der Waals surface area contributed by atoms with Gasteiger partial charge in [0.05, 0.1) is 5.60 Å². The molecule has 1 saturated carbocycles. The molecule has 0 radical (unpaired) electrons. The Morgan fingerprint density at radius 1 is 0.950 bits per heavy atom. The van der Waals surface area contributed by atoms with E-state index in [1.165, 1.54) is 77.0 Å². The third-order valence-electron chi connectivity index (χ3n) is 4.96. The lowest BCUT2D eigenvalue weighted by atomic mass is 9.83. The van der Waals surface area contributed by atoms with Crippen LogP contribution in [-0.2, 0) is 4.74 Å². The molecule has 2 heteroatoms. The van der Waals surface area contributed by atoms with Crippen molar-refractivity contribution < 1.29 is 4.74 Å². The van der Waals surface area contributed by atoms with Crippen molar-refractivity contribution in [2.24, 2.45) is 0 Å². The first-order valence-corrected chi connectivity index (χ1v) is 9.10. The van der Waals surface area contributed by atoms with Gasteiger partial charge in [0.2, 0.25) is 0 Å². The van der Waals surface area contributed by atoms with Gasteiger partial charge in [0.25, 0.3) is 0 Å². The zero-order valence-electron chi connectivity index (χ0n) is 14.2. The van der Waals surface area contributed by atoms with E-state index >= 15 is 0 Å². The van der Waals surface area contributed by atoms with Crippen molar-refractivity contribution in [2.45, 2.75) is 103 Å². The average Bonchev–Trinajstić information content (AvgIpc) is 2.70. The van der Waals surface area contributed by atoms with Gasteiger partial charge in [-0.3, -0.25) is 0 Å². The molecule has 0 aromatic carbocycles. The zero-order valence-corrected chi connectivity index (χ0v) is 14.2.